The summed E-state index contributed by atoms with van der Waals surface area (Å²) in [6.45, 7) is 0. The summed E-state index contributed by atoms with van der Waals surface area (Å²) in [4.78, 5) is 0. The minimum atomic E-state index is 0. The molecule has 0 aliphatic rings. The van der Waals surface area contributed by atoms with Gasteiger partial charge in [-0.15, -0.1) is 0 Å². The summed E-state index contributed by atoms with van der Waals surface area (Å²) in [6.07, 6.45) is 0. The second-order valence-corrected chi connectivity index (χ2v) is 0. The predicted molar refractivity (Wildman–Crippen MR) is 21.7 cm³/mol. The molecule has 1 nitrogen and oxygen atoms in total. The van der Waals surface area contributed by atoms with Crippen LogP contribution < -0.4 is 34.7 Å². The fourth-order valence-corrected chi connectivity index (χ4v) is 0. The molecule has 0 saturated heterocycles. The molecular weight excluding hydrogens is 115 g/mol. The van der Waals surface area contributed by atoms with Gasteiger partial charge in [0.25, 0.3) is 0 Å². The maximum absolute atomic E-state index is 8.25. The molecule has 0 aliphatic carbocycles. The Morgan fingerprint density at radius 2 is 1.40 bits per heavy atom. The van der Waals surface area contributed by atoms with E-state index in [0.717, 1.165) is 16.7 Å². The standard InChI is InChI=1S/CH3O.ClH3Si.Na/c2*1-2;/h1H3;2H3;/q-1;;+1. The topological polar surface area (TPSA) is 23.1 Å². The van der Waals surface area contributed by atoms with Crippen molar-refractivity contribution < 1.29 is 34.7 Å². The first-order valence-corrected chi connectivity index (χ1v) is 3.81. The van der Waals surface area contributed by atoms with Gasteiger partial charge in [-0.25, -0.2) is 0 Å². The summed E-state index contributed by atoms with van der Waals surface area (Å²) < 4.78 is 0. The fourth-order valence-electron chi connectivity index (χ4n) is 0. The molecule has 0 saturated carbocycles. The number of halogens is 1. The Morgan fingerprint density at radius 3 is 1.40 bits per heavy atom. The summed E-state index contributed by atoms with van der Waals surface area (Å²) in [6, 6.07) is 0. The zero-order valence-corrected chi connectivity index (χ0v) is 8.54. The first kappa shape index (κ1) is 16.1. The maximum Gasteiger partial charge on any atom is 1.00 e. The smallest absolute Gasteiger partial charge is 0.857 e. The molecular formula is CH6ClNaOSi. The van der Waals surface area contributed by atoms with Gasteiger partial charge < -0.3 is 5.11 Å². The average molecular weight is 121 g/mol. The third-order valence-electron chi connectivity index (χ3n) is 0. The molecule has 0 amide bonds. The van der Waals surface area contributed by atoms with Crippen LogP contribution in [-0.4, -0.2) is 16.7 Å². The molecule has 0 atom stereocenters. The molecule has 28 valence electrons. The zero-order chi connectivity index (χ0) is 4.00. The van der Waals surface area contributed by atoms with Crippen LogP contribution in [0.1, 0.15) is 0 Å². The van der Waals surface area contributed by atoms with E-state index in [1.165, 1.54) is 0 Å². The number of hydrogen-bond acceptors (Lipinski definition) is 1. The van der Waals surface area contributed by atoms with Gasteiger partial charge in [0, 0.05) is 0 Å². The van der Waals surface area contributed by atoms with Crippen molar-refractivity contribution in [3.8, 4) is 0 Å². The summed E-state index contributed by atoms with van der Waals surface area (Å²) in [7, 11) is 1.53. The van der Waals surface area contributed by atoms with Crippen LogP contribution in [0, 0.1) is 0 Å². The van der Waals surface area contributed by atoms with Crippen LogP contribution >= 0.6 is 11.1 Å². The van der Waals surface area contributed by atoms with Crippen LogP contribution in [0.3, 0.4) is 0 Å². The zero-order valence-electron chi connectivity index (χ0n) is 3.79. The van der Waals surface area contributed by atoms with E-state index in [1.807, 2.05) is 0 Å². The van der Waals surface area contributed by atoms with E-state index >= 15 is 0 Å². The molecule has 4 heteroatoms. The molecule has 0 bridgehead atoms. The van der Waals surface area contributed by atoms with Crippen molar-refractivity contribution in [1.29, 1.82) is 0 Å². The molecule has 0 N–H and O–H groups in total. The Kier molecular flexibility index (Phi) is 163. The second kappa shape index (κ2) is 50.7. The van der Waals surface area contributed by atoms with Gasteiger partial charge in [-0.3, -0.25) is 0 Å². The van der Waals surface area contributed by atoms with E-state index in [0.29, 0.717) is 0 Å². The van der Waals surface area contributed by atoms with Crippen molar-refractivity contribution in [1.82, 2.24) is 0 Å². The molecule has 0 rings (SSSR count). The van der Waals surface area contributed by atoms with Crippen LogP contribution in [0.25, 0.3) is 0 Å². The van der Waals surface area contributed by atoms with Crippen molar-refractivity contribution in [3.05, 3.63) is 0 Å². The third-order valence-corrected chi connectivity index (χ3v) is 0. The van der Waals surface area contributed by atoms with Crippen molar-refractivity contribution in [2.75, 3.05) is 7.11 Å². The van der Waals surface area contributed by atoms with E-state index in [2.05, 4.69) is 0 Å². The van der Waals surface area contributed by atoms with Gasteiger partial charge in [0.15, 0.2) is 0 Å². The Balaban J connectivity index is -0.0000000133. The molecule has 0 aromatic carbocycles. The Labute approximate surface area is 62.1 Å². The summed E-state index contributed by atoms with van der Waals surface area (Å²) in [5.74, 6) is 0. The van der Waals surface area contributed by atoms with Crippen LogP contribution in [0.15, 0.2) is 0 Å². The van der Waals surface area contributed by atoms with E-state index in [4.69, 9.17) is 16.2 Å². The monoisotopic (exact) mass is 120 g/mol. The van der Waals surface area contributed by atoms with Gasteiger partial charge in [-0.2, -0.15) is 18.2 Å². The molecule has 0 unspecified atom stereocenters. The largest absolute Gasteiger partial charge is 1.00 e. The van der Waals surface area contributed by atoms with Gasteiger partial charge in [0.2, 0.25) is 0 Å². The van der Waals surface area contributed by atoms with Crippen molar-refractivity contribution in [2.24, 2.45) is 0 Å². The first-order chi connectivity index (χ1) is 2.00. The molecule has 0 fully saturated rings. The molecule has 0 aromatic heterocycles. The minimum absolute atomic E-state index is 0. The Morgan fingerprint density at radius 1 is 1.40 bits per heavy atom. The summed E-state index contributed by atoms with van der Waals surface area (Å²) >= 11 is 4.78. The van der Waals surface area contributed by atoms with Gasteiger partial charge in [-0.1, -0.05) is 0 Å². The van der Waals surface area contributed by atoms with Crippen molar-refractivity contribution in [2.45, 2.75) is 0 Å². The summed E-state index contributed by atoms with van der Waals surface area (Å²) in [5.41, 5.74) is 0. The normalized spacial score (nSPS) is 3.00. The van der Waals surface area contributed by atoms with Crippen LogP contribution in [0.2, 0.25) is 0 Å². The molecule has 0 heterocycles. The van der Waals surface area contributed by atoms with Crippen LogP contribution in [0.4, 0.5) is 0 Å². The second-order valence-electron chi connectivity index (χ2n) is 0. The van der Waals surface area contributed by atoms with Gasteiger partial charge >= 0.3 is 29.6 Å². The quantitative estimate of drug-likeness (QED) is 0.234. The molecule has 0 aliphatic heterocycles. The third kappa shape index (κ3) is 30.5. The Hall–Kier alpha value is 1.47. The average Bonchev–Trinajstić information content (AvgIpc) is 1.50. The van der Waals surface area contributed by atoms with Gasteiger partial charge in [-0.05, 0) is 0 Å². The predicted octanol–water partition coefficient (Wildman–Crippen LogP) is -4.51. The number of rotatable bonds is 0. The maximum atomic E-state index is 8.25. The van der Waals surface area contributed by atoms with E-state index < -0.39 is 0 Å². The number of hydrogen-bond donors (Lipinski definition) is 0. The van der Waals surface area contributed by atoms with Crippen molar-refractivity contribution in [3.63, 3.8) is 0 Å². The first-order valence-electron chi connectivity index (χ1n) is 0.786. The van der Waals surface area contributed by atoms with E-state index in [9.17, 15) is 0 Å². The fraction of sp³-hybridized carbons (Fsp3) is 1.00. The van der Waals surface area contributed by atoms with E-state index in [1.54, 1.807) is 0 Å². The molecule has 0 spiro atoms. The molecule has 5 heavy (non-hydrogen) atoms. The summed E-state index contributed by atoms with van der Waals surface area (Å²) in [5, 5.41) is 8.25. The molecule has 0 radical (unpaired) electrons. The molecule has 0 aromatic rings. The van der Waals surface area contributed by atoms with Gasteiger partial charge in [0.1, 0.15) is 9.55 Å². The van der Waals surface area contributed by atoms with Crippen LogP contribution in [0.5, 0.6) is 0 Å². The van der Waals surface area contributed by atoms with Crippen LogP contribution in [-0.2, 0) is 0 Å². The van der Waals surface area contributed by atoms with Crippen molar-refractivity contribution >= 4 is 20.6 Å². The minimum Gasteiger partial charge on any atom is -0.857 e. The van der Waals surface area contributed by atoms with Gasteiger partial charge in [0.05, 0.1) is 0 Å². The Bertz CT molecular complexity index is 11.6. The SMILES string of the molecule is C[O-].[Na+].[SiH3]Cl. The van der Waals surface area contributed by atoms with E-state index in [-0.39, 0.29) is 29.6 Å².